The van der Waals surface area contributed by atoms with Crippen LogP contribution in [0.15, 0.2) is 24.3 Å². The molecule has 40 heavy (non-hydrogen) atoms. The number of carbonyl (C=O) groups is 4. The van der Waals surface area contributed by atoms with Crippen molar-refractivity contribution in [1.29, 1.82) is 0 Å². The maximum Gasteiger partial charge on any atom is 0.338 e. The fourth-order valence-electron chi connectivity index (χ4n) is 3.28. The molecule has 0 radical (unpaired) electrons. The summed E-state index contributed by atoms with van der Waals surface area (Å²) in [6, 6.07) is 5.55. The van der Waals surface area contributed by atoms with Gasteiger partial charge in [0.1, 0.15) is 31.5 Å². The Hall–Kier alpha value is -2.98. The van der Waals surface area contributed by atoms with E-state index in [4.69, 9.17) is 18.9 Å². The molecule has 10 nitrogen and oxygen atoms in total. The number of aliphatic hydroxyl groups is 2. The minimum absolute atomic E-state index is 0.0681. The average Bonchev–Trinajstić information content (AvgIpc) is 2.88. The van der Waals surface area contributed by atoms with Gasteiger partial charge in [-0.3, -0.25) is 9.59 Å². The summed E-state index contributed by atoms with van der Waals surface area (Å²) < 4.78 is 20.7. The second-order valence-electron chi connectivity index (χ2n) is 12.1. The molecular formula is C30H46O10. The summed E-state index contributed by atoms with van der Waals surface area (Å²) in [5.41, 5.74) is -1.50. The lowest BCUT2D eigenvalue weighted by molar-refractivity contribution is -0.172. The molecule has 226 valence electrons. The normalized spacial score (nSPS) is 13.7. The zero-order valence-corrected chi connectivity index (χ0v) is 25.1. The topological polar surface area (TPSA) is 146 Å². The monoisotopic (exact) mass is 566 g/mol. The van der Waals surface area contributed by atoms with Gasteiger partial charge in [0.2, 0.25) is 0 Å². The number of esters is 4. The van der Waals surface area contributed by atoms with Crippen LogP contribution in [0.5, 0.6) is 0 Å². The van der Waals surface area contributed by atoms with Gasteiger partial charge in [-0.25, -0.2) is 9.59 Å². The van der Waals surface area contributed by atoms with E-state index < -0.39 is 60.3 Å². The lowest BCUT2D eigenvalue weighted by atomic mass is 9.84. The summed E-state index contributed by atoms with van der Waals surface area (Å²) in [5, 5.41) is 20.2. The molecular weight excluding hydrogens is 520 g/mol. The Bertz CT molecular complexity index is 994. The molecule has 0 fully saturated rings. The van der Waals surface area contributed by atoms with Crippen molar-refractivity contribution in [2.45, 2.75) is 98.9 Å². The van der Waals surface area contributed by atoms with Gasteiger partial charge in [0.05, 0.1) is 29.1 Å². The molecule has 2 N–H and O–H groups in total. The summed E-state index contributed by atoms with van der Waals surface area (Å²) >= 11 is 0. The highest BCUT2D eigenvalue weighted by atomic mass is 16.6. The van der Waals surface area contributed by atoms with Crippen LogP contribution in [-0.2, 0) is 28.5 Å². The van der Waals surface area contributed by atoms with Crippen molar-refractivity contribution in [2.24, 2.45) is 10.8 Å². The maximum atomic E-state index is 12.4. The molecule has 0 saturated heterocycles. The molecule has 0 spiro atoms. The zero-order chi connectivity index (χ0) is 30.7. The van der Waals surface area contributed by atoms with Crippen LogP contribution in [-0.4, -0.2) is 71.7 Å². The Labute approximate surface area is 237 Å². The standard InChI is InChI=1S/C30H46O10/c1-9-28(3,4)15-22(31)17-38-25(34)20-11-13-21(14-12-20)26(35)39-19-23(32)18-37-24(33)16-29(5,6)27(36)40-30(7,8)10-2/h11-14,22-23,31-32H,9-10,15-19H2,1-8H3. The van der Waals surface area contributed by atoms with Crippen molar-refractivity contribution >= 4 is 23.9 Å². The van der Waals surface area contributed by atoms with Crippen LogP contribution in [0, 0.1) is 10.8 Å². The molecule has 0 bridgehead atoms. The molecule has 10 heteroatoms. The molecule has 1 rings (SSSR count). The first-order valence-electron chi connectivity index (χ1n) is 13.6. The van der Waals surface area contributed by atoms with Crippen LogP contribution in [0.25, 0.3) is 0 Å². The van der Waals surface area contributed by atoms with Gasteiger partial charge in [0.15, 0.2) is 0 Å². The Morgan fingerprint density at radius 1 is 0.725 bits per heavy atom. The van der Waals surface area contributed by atoms with E-state index in [9.17, 15) is 29.4 Å². The van der Waals surface area contributed by atoms with E-state index in [-0.39, 0.29) is 29.6 Å². The molecule has 0 aromatic heterocycles. The Kier molecular flexibility index (Phi) is 13.3. The minimum Gasteiger partial charge on any atom is -0.463 e. The summed E-state index contributed by atoms with van der Waals surface area (Å²) in [6.45, 7) is 13.7. The summed E-state index contributed by atoms with van der Waals surface area (Å²) in [7, 11) is 0. The van der Waals surface area contributed by atoms with Crippen LogP contribution >= 0.6 is 0 Å². The summed E-state index contributed by atoms with van der Waals surface area (Å²) in [6.07, 6.45) is -0.310. The first-order valence-corrected chi connectivity index (χ1v) is 13.6. The van der Waals surface area contributed by atoms with E-state index in [1.807, 2.05) is 27.7 Å². The third kappa shape index (κ3) is 12.5. The fourth-order valence-corrected chi connectivity index (χ4v) is 3.28. The Morgan fingerprint density at radius 2 is 1.18 bits per heavy atom. The van der Waals surface area contributed by atoms with Crippen molar-refractivity contribution in [3.63, 3.8) is 0 Å². The van der Waals surface area contributed by atoms with Crippen LogP contribution in [0.1, 0.15) is 102 Å². The molecule has 2 atom stereocenters. The van der Waals surface area contributed by atoms with E-state index in [1.54, 1.807) is 27.7 Å². The molecule has 0 aliphatic carbocycles. The first-order chi connectivity index (χ1) is 18.4. The van der Waals surface area contributed by atoms with E-state index in [0.29, 0.717) is 12.8 Å². The lowest BCUT2D eigenvalue weighted by Gasteiger charge is -2.29. The highest BCUT2D eigenvalue weighted by molar-refractivity contribution is 5.93. The fraction of sp³-hybridized carbons (Fsp3) is 0.667. The van der Waals surface area contributed by atoms with Crippen molar-refractivity contribution < 1.29 is 48.3 Å². The number of hydrogen-bond acceptors (Lipinski definition) is 10. The van der Waals surface area contributed by atoms with Crippen LogP contribution < -0.4 is 0 Å². The van der Waals surface area contributed by atoms with Gasteiger partial charge in [0.25, 0.3) is 0 Å². The summed E-state index contributed by atoms with van der Waals surface area (Å²) in [5.74, 6) is -2.61. The van der Waals surface area contributed by atoms with Gasteiger partial charge in [-0.05, 0) is 70.2 Å². The third-order valence-corrected chi connectivity index (χ3v) is 6.71. The number of rotatable bonds is 16. The smallest absolute Gasteiger partial charge is 0.338 e. The summed E-state index contributed by atoms with van der Waals surface area (Å²) in [4.78, 5) is 49.2. The van der Waals surface area contributed by atoms with Crippen molar-refractivity contribution in [2.75, 3.05) is 19.8 Å². The highest BCUT2D eigenvalue weighted by Gasteiger charge is 2.36. The van der Waals surface area contributed by atoms with Crippen LogP contribution in [0.4, 0.5) is 0 Å². The number of hydrogen-bond donors (Lipinski definition) is 2. The second-order valence-corrected chi connectivity index (χ2v) is 12.1. The number of ether oxygens (including phenoxy) is 4. The van der Waals surface area contributed by atoms with E-state index in [2.05, 4.69) is 0 Å². The van der Waals surface area contributed by atoms with Crippen LogP contribution in [0.3, 0.4) is 0 Å². The van der Waals surface area contributed by atoms with Gasteiger partial charge in [-0.1, -0.05) is 34.1 Å². The molecule has 2 unspecified atom stereocenters. The largest absolute Gasteiger partial charge is 0.463 e. The number of carbonyl (C=O) groups excluding carboxylic acids is 4. The SMILES string of the molecule is CCC(C)(C)CC(O)COC(=O)c1ccc(C(=O)OCC(O)COC(=O)CC(C)(C)C(=O)OC(C)(C)CC)cc1. The lowest BCUT2D eigenvalue weighted by Crippen LogP contribution is -2.37. The van der Waals surface area contributed by atoms with E-state index >= 15 is 0 Å². The van der Waals surface area contributed by atoms with Gasteiger partial charge in [-0.2, -0.15) is 0 Å². The molecule has 0 aliphatic rings. The zero-order valence-electron chi connectivity index (χ0n) is 25.1. The molecule has 0 aliphatic heterocycles. The van der Waals surface area contributed by atoms with E-state index in [1.165, 1.54) is 24.3 Å². The third-order valence-electron chi connectivity index (χ3n) is 6.71. The molecule has 0 saturated carbocycles. The van der Waals surface area contributed by atoms with Crippen molar-refractivity contribution in [1.82, 2.24) is 0 Å². The van der Waals surface area contributed by atoms with Crippen molar-refractivity contribution in [3.05, 3.63) is 35.4 Å². The predicted molar refractivity (Wildman–Crippen MR) is 148 cm³/mol. The number of aliphatic hydroxyl groups excluding tert-OH is 2. The van der Waals surface area contributed by atoms with Crippen molar-refractivity contribution in [3.8, 4) is 0 Å². The molecule has 0 amide bonds. The van der Waals surface area contributed by atoms with Crippen LogP contribution in [0.2, 0.25) is 0 Å². The Balaban J connectivity index is 2.47. The quantitative estimate of drug-likeness (QED) is 0.220. The van der Waals surface area contributed by atoms with Gasteiger partial charge >= 0.3 is 23.9 Å². The molecule has 1 aromatic rings. The Morgan fingerprint density at radius 3 is 1.62 bits per heavy atom. The maximum absolute atomic E-state index is 12.4. The van der Waals surface area contributed by atoms with E-state index in [0.717, 1.165) is 6.42 Å². The second kappa shape index (κ2) is 15.1. The minimum atomic E-state index is -1.28. The van der Waals surface area contributed by atoms with Gasteiger partial charge < -0.3 is 29.2 Å². The molecule has 1 aromatic carbocycles. The highest BCUT2D eigenvalue weighted by Crippen LogP contribution is 2.27. The average molecular weight is 567 g/mol. The molecule has 0 heterocycles. The number of benzene rings is 1. The predicted octanol–water partition coefficient (Wildman–Crippen LogP) is 4.24. The van der Waals surface area contributed by atoms with Gasteiger partial charge in [0, 0.05) is 0 Å². The first kappa shape index (κ1) is 35.0. The van der Waals surface area contributed by atoms with Gasteiger partial charge in [-0.15, -0.1) is 0 Å².